The van der Waals surface area contributed by atoms with Crippen molar-refractivity contribution in [1.29, 1.82) is 0 Å². The van der Waals surface area contributed by atoms with E-state index in [1.165, 1.54) is 10.9 Å². The van der Waals surface area contributed by atoms with E-state index in [0.717, 1.165) is 30.5 Å². The highest BCUT2D eigenvalue weighted by molar-refractivity contribution is 5.86. The number of aromatic nitrogens is 3. The summed E-state index contributed by atoms with van der Waals surface area (Å²) in [5.41, 5.74) is 3.53. The van der Waals surface area contributed by atoms with Crippen LogP contribution >= 0.6 is 0 Å². The second-order valence-corrected chi connectivity index (χ2v) is 7.22. The van der Waals surface area contributed by atoms with Crippen LogP contribution in [0.2, 0.25) is 0 Å². The predicted octanol–water partition coefficient (Wildman–Crippen LogP) is 3.56. The third-order valence-electron chi connectivity index (χ3n) is 5.54. The van der Waals surface area contributed by atoms with Crippen LogP contribution in [-0.4, -0.2) is 38.6 Å². The molecule has 136 valence electrons. The van der Waals surface area contributed by atoms with Crippen molar-refractivity contribution in [1.82, 2.24) is 20.1 Å². The number of para-hydroxylation sites is 1. The van der Waals surface area contributed by atoms with Crippen molar-refractivity contribution in [2.24, 2.45) is 0 Å². The van der Waals surface area contributed by atoms with E-state index in [0.29, 0.717) is 18.2 Å². The Bertz CT molecular complexity index is 942. The van der Waals surface area contributed by atoms with Gasteiger partial charge in [0.2, 0.25) is 17.7 Å². The molecule has 26 heavy (non-hydrogen) atoms. The molecule has 0 aliphatic carbocycles. The lowest BCUT2D eigenvalue weighted by Crippen LogP contribution is -2.44. The van der Waals surface area contributed by atoms with Crippen molar-refractivity contribution in [2.75, 3.05) is 6.54 Å². The van der Waals surface area contributed by atoms with Gasteiger partial charge in [-0.3, -0.25) is 4.79 Å². The van der Waals surface area contributed by atoms with Gasteiger partial charge in [0.25, 0.3) is 0 Å². The summed E-state index contributed by atoms with van der Waals surface area (Å²) in [6.45, 7) is 6.59. The molecule has 6 heteroatoms. The number of carbonyl (C=O) groups is 1. The minimum absolute atomic E-state index is 0.0882. The Kier molecular flexibility index (Phi) is 4.26. The van der Waals surface area contributed by atoms with E-state index < -0.39 is 0 Å². The molecule has 0 radical (unpaired) electrons. The molecule has 1 fully saturated rings. The number of carbonyl (C=O) groups excluding carboxylic acids is 1. The summed E-state index contributed by atoms with van der Waals surface area (Å²) in [5, 5.41) is 9.76. The Hall–Kier alpha value is -2.63. The number of hydrogen-bond acceptors (Lipinski definition) is 4. The van der Waals surface area contributed by atoms with Crippen molar-refractivity contribution in [2.45, 2.75) is 52.0 Å². The highest BCUT2D eigenvalue weighted by Crippen LogP contribution is 2.32. The number of hydrogen-bond donors (Lipinski definition) is 1. The smallest absolute Gasteiger partial charge is 0.221 e. The third-order valence-corrected chi connectivity index (χ3v) is 5.54. The van der Waals surface area contributed by atoms with Gasteiger partial charge >= 0.3 is 0 Å². The van der Waals surface area contributed by atoms with Gasteiger partial charge in [-0.15, -0.1) is 10.2 Å². The van der Waals surface area contributed by atoms with E-state index in [2.05, 4.69) is 47.2 Å². The molecule has 1 amide bonds. The summed E-state index contributed by atoms with van der Waals surface area (Å²) in [6, 6.07) is 6.36. The minimum atomic E-state index is 0.0882. The SMILES string of the molecule is CC(=O)N1CCC[C@H](c2nnc(Cc3c[nH]c4c(C)cccc34)o2)[C@@H]1C. The van der Waals surface area contributed by atoms with Gasteiger partial charge in [-0.1, -0.05) is 18.2 Å². The fraction of sp³-hybridized carbons (Fsp3) is 0.450. The van der Waals surface area contributed by atoms with E-state index >= 15 is 0 Å². The van der Waals surface area contributed by atoms with Crippen molar-refractivity contribution >= 4 is 16.8 Å². The summed E-state index contributed by atoms with van der Waals surface area (Å²) < 4.78 is 6.00. The number of aromatic amines is 1. The summed E-state index contributed by atoms with van der Waals surface area (Å²) in [6.07, 6.45) is 4.56. The Morgan fingerprint density at radius 1 is 1.38 bits per heavy atom. The highest BCUT2D eigenvalue weighted by atomic mass is 16.4. The van der Waals surface area contributed by atoms with Crippen molar-refractivity contribution in [3.63, 3.8) is 0 Å². The van der Waals surface area contributed by atoms with Gasteiger partial charge in [-0.05, 0) is 37.8 Å². The predicted molar refractivity (Wildman–Crippen MR) is 99.0 cm³/mol. The second kappa shape index (κ2) is 6.59. The lowest BCUT2D eigenvalue weighted by Gasteiger charge is -2.37. The summed E-state index contributed by atoms with van der Waals surface area (Å²) in [7, 11) is 0. The third kappa shape index (κ3) is 2.89. The molecule has 1 aliphatic heterocycles. The molecule has 0 spiro atoms. The molecule has 0 unspecified atom stereocenters. The molecule has 0 bridgehead atoms. The first kappa shape index (κ1) is 16.8. The fourth-order valence-corrected chi connectivity index (χ4v) is 4.08. The summed E-state index contributed by atoms with van der Waals surface area (Å²) in [5.74, 6) is 1.49. The number of nitrogens with one attached hydrogen (secondary N) is 1. The molecule has 3 heterocycles. The molecule has 1 aliphatic rings. The van der Waals surface area contributed by atoms with E-state index in [1.54, 1.807) is 6.92 Å². The molecule has 2 atom stereocenters. The Morgan fingerprint density at radius 3 is 3.04 bits per heavy atom. The van der Waals surface area contributed by atoms with Crippen LogP contribution in [0.25, 0.3) is 10.9 Å². The van der Waals surface area contributed by atoms with Crippen molar-refractivity contribution in [3.05, 3.63) is 47.3 Å². The van der Waals surface area contributed by atoms with E-state index in [-0.39, 0.29) is 17.9 Å². The second-order valence-electron chi connectivity index (χ2n) is 7.22. The van der Waals surface area contributed by atoms with Crippen molar-refractivity contribution < 1.29 is 9.21 Å². The molecule has 4 rings (SSSR count). The minimum Gasteiger partial charge on any atom is -0.425 e. The van der Waals surface area contributed by atoms with Crippen LogP contribution in [0.1, 0.15) is 55.5 Å². The first-order valence-electron chi connectivity index (χ1n) is 9.19. The first-order valence-corrected chi connectivity index (χ1v) is 9.19. The van der Waals surface area contributed by atoms with Crippen LogP contribution in [-0.2, 0) is 11.2 Å². The average molecular weight is 352 g/mol. The maximum absolute atomic E-state index is 11.8. The molecule has 3 aromatic rings. The lowest BCUT2D eigenvalue weighted by atomic mass is 9.90. The Balaban J connectivity index is 1.56. The molecule has 1 N–H and O–H groups in total. The standard InChI is InChI=1S/C20H24N4O2/c1-12-6-4-7-17-15(11-21-19(12)17)10-18-22-23-20(26-18)16-8-5-9-24(13(16)2)14(3)25/h4,6-7,11,13,16,21H,5,8-10H2,1-3H3/t13-,16-/m0/s1. The largest absolute Gasteiger partial charge is 0.425 e. The normalized spacial score (nSPS) is 20.7. The molecule has 0 saturated carbocycles. The lowest BCUT2D eigenvalue weighted by molar-refractivity contribution is -0.132. The molecule has 1 saturated heterocycles. The monoisotopic (exact) mass is 352 g/mol. The zero-order chi connectivity index (χ0) is 18.3. The zero-order valence-corrected chi connectivity index (χ0v) is 15.5. The van der Waals surface area contributed by atoms with E-state index in [1.807, 2.05) is 11.1 Å². The number of piperidine rings is 1. The number of aryl methyl sites for hydroxylation is 1. The highest BCUT2D eigenvalue weighted by Gasteiger charge is 2.34. The maximum Gasteiger partial charge on any atom is 0.221 e. The number of benzene rings is 1. The number of H-pyrrole nitrogens is 1. The number of rotatable bonds is 3. The van der Waals surface area contributed by atoms with E-state index in [4.69, 9.17) is 4.42 Å². The number of amides is 1. The van der Waals surface area contributed by atoms with Crippen molar-refractivity contribution in [3.8, 4) is 0 Å². The van der Waals surface area contributed by atoms with Gasteiger partial charge in [0.05, 0.1) is 12.3 Å². The Labute approximate surface area is 152 Å². The van der Waals surface area contributed by atoms with Crippen LogP contribution < -0.4 is 0 Å². The fourth-order valence-electron chi connectivity index (χ4n) is 4.08. The van der Waals surface area contributed by atoms with Crippen LogP contribution in [0, 0.1) is 6.92 Å². The van der Waals surface area contributed by atoms with Crippen LogP contribution in [0.5, 0.6) is 0 Å². The summed E-state index contributed by atoms with van der Waals surface area (Å²) in [4.78, 5) is 17.1. The van der Waals surface area contributed by atoms with Gasteiger partial charge in [0.1, 0.15) is 0 Å². The molecule has 6 nitrogen and oxygen atoms in total. The topological polar surface area (TPSA) is 75.0 Å². The first-order chi connectivity index (χ1) is 12.5. The van der Waals surface area contributed by atoms with Gasteiger partial charge in [0.15, 0.2) is 0 Å². The molecule has 2 aromatic heterocycles. The van der Waals surface area contributed by atoms with Gasteiger partial charge in [0, 0.05) is 36.6 Å². The number of likely N-dealkylation sites (tertiary alicyclic amines) is 1. The van der Waals surface area contributed by atoms with Gasteiger partial charge in [-0.2, -0.15) is 0 Å². The van der Waals surface area contributed by atoms with Crippen LogP contribution in [0.15, 0.2) is 28.8 Å². The zero-order valence-electron chi connectivity index (χ0n) is 15.5. The van der Waals surface area contributed by atoms with E-state index in [9.17, 15) is 4.79 Å². The average Bonchev–Trinajstić information content (AvgIpc) is 3.24. The molecule has 1 aromatic carbocycles. The van der Waals surface area contributed by atoms with Gasteiger partial charge < -0.3 is 14.3 Å². The van der Waals surface area contributed by atoms with Crippen LogP contribution in [0.4, 0.5) is 0 Å². The van der Waals surface area contributed by atoms with Gasteiger partial charge in [-0.25, -0.2) is 0 Å². The Morgan fingerprint density at radius 2 is 2.23 bits per heavy atom. The summed E-state index contributed by atoms with van der Waals surface area (Å²) >= 11 is 0. The number of fused-ring (bicyclic) bond motifs is 1. The maximum atomic E-state index is 11.8. The molecular formula is C20H24N4O2. The quantitative estimate of drug-likeness (QED) is 0.782. The molecular weight excluding hydrogens is 328 g/mol. The number of nitrogens with zero attached hydrogens (tertiary/aromatic N) is 3. The van der Waals surface area contributed by atoms with Crippen LogP contribution in [0.3, 0.4) is 0 Å².